The van der Waals surface area contributed by atoms with Crippen molar-refractivity contribution in [3.8, 4) is 0 Å². The summed E-state index contributed by atoms with van der Waals surface area (Å²) in [7, 11) is 0. The highest BCUT2D eigenvalue weighted by Gasteiger charge is 2.09. The summed E-state index contributed by atoms with van der Waals surface area (Å²) in [5, 5.41) is 3.36. The Bertz CT molecular complexity index is 393. The van der Waals surface area contributed by atoms with Gasteiger partial charge >= 0.3 is 0 Å². The normalized spacial score (nSPS) is 11.2. The molecule has 1 aromatic rings. The second-order valence-electron chi connectivity index (χ2n) is 4.65. The quantitative estimate of drug-likeness (QED) is 0.535. The highest BCUT2D eigenvalue weighted by molar-refractivity contribution is 5.55. The van der Waals surface area contributed by atoms with Crippen LogP contribution in [0, 0.1) is 0 Å². The van der Waals surface area contributed by atoms with Crippen molar-refractivity contribution in [2.24, 2.45) is 0 Å². The SMILES string of the molecule is C/C=C/c1ccc(N2CCNCC2)cc1.C=CC.C=CC.CC.CC.CC. The monoisotopic (exact) mass is 376 g/mol. The molecule has 0 aliphatic carbocycles. The van der Waals surface area contributed by atoms with E-state index in [4.69, 9.17) is 0 Å². The van der Waals surface area contributed by atoms with Crippen molar-refractivity contribution in [2.45, 2.75) is 62.3 Å². The molecule has 1 N–H and O–H groups in total. The average Bonchev–Trinajstić information content (AvgIpc) is 2.75. The molecule has 2 rings (SSSR count). The molecule has 1 saturated heterocycles. The summed E-state index contributed by atoms with van der Waals surface area (Å²) in [5.74, 6) is 0. The first-order valence-corrected chi connectivity index (χ1v) is 10.6. The lowest BCUT2D eigenvalue weighted by atomic mass is 10.1. The number of benzene rings is 1. The minimum Gasteiger partial charge on any atom is -0.369 e. The average molecular weight is 377 g/mol. The second kappa shape index (κ2) is 31.9. The summed E-state index contributed by atoms with van der Waals surface area (Å²) in [6.45, 7) is 29.0. The van der Waals surface area contributed by atoms with Gasteiger partial charge < -0.3 is 10.2 Å². The Morgan fingerprint density at radius 2 is 1.15 bits per heavy atom. The van der Waals surface area contributed by atoms with Crippen molar-refractivity contribution in [3.63, 3.8) is 0 Å². The third-order valence-corrected chi connectivity index (χ3v) is 2.73. The van der Waals surface area contributed by atoms with E-state index in [0.29, 0.717) is 0 Å². The van der Waals surface area contributed by atoms with Gasteiger partial charge in [0.15, 0.2) is 0 Å². The van der Waals surface area contributed by atoms with Crippen LogP contribution in [0.15, 0.2) is 55.7 Å². The number of piperazine rings is 1. The van der Waals surface area contributed by atoms with Gasteiger partial charge in [-0.3, -0.25) is 0 Å². The Morgan fingerprint density at radius 1 is 0.778 bits per heavy atom. The van der Waals surface area contributed by atoms with E-state index in [1.54, 1.807) is 12.2 Å². The second-order valence-corrected chi connectivity index (χ2v) is 4.65. The van der Waals surface area contributed by atoms with Gasteiger partial charge in [-0.15, -0.1) is 13.2 Å². The molecule has 1 aliphatic rings. The molecule has 0 radical (unpaired) electrons. The van der Waals surface area contributed by atoms with Crippen LogP contribution in [0.5, 0.6) is 0 Å². The van der Waals surface area contributed by atoms with Crippen LogP contribution in [-0.2, 0) is 0 Å². The molecule has 0 bridgehead atoms. The van der Waals surface area contributed by atoms with Crippen LogP contribution in [0.2, 0.25) is 0 Å². The van der Waals surface area contributed by atoms with Gasteiger partial charge in [0.2, 0.25) is 0 Å². The standard InChI is InChI=1S/C13H18N2.2C3H6.3C2H6/c1-2-3-12-4-6-13(7-5-12)15-10-8-14-9-11-15;2*1-3-2;3*1-2/h2-7,14H,8-11H2,1H3;2*3H,1H2,2H3;3*1-2H3/b3-2+;;;;;. The van der Waals surface area contributed by atoms with Crippen LogP contribution in [-0.4, -0.2) is 26.2 Å². The topological polar surface area (TPSA) is 15.3 Å². The summed E-state index contributed by atoms with van der Waals surface area (Å²) in [6, 6.07) is 8.77. The molecule has 0 spiro atoms. The molecular weight excluding hydrogens is 328 g/mol. The van der Waals surface area contributed by atoms with E-state index in [2.05, 4.69) is 59.8 Å². The van der Waals surface area contributed by atoms with Crippen molar-refractivity contribution in [3.05, 3.63) is 61.2 Å². The van der Waals surface area contributed by atoms with Crippen molar-refractivity contribution < 1.29 is 0 Å². The van der Waals surface area contributed by atoms with Gasteiger partial charge in [0, 0.05) is 31.9 Å². The largest absolute Gasteiger partial charge is 0.369 e. The zero-order valence-corrected chi connectivity index (χ0v) is 19.8. The Kier molecular flexibility index (Phi) is 38.8. The van der Waals surface area contributed by atoms with Gasteiger partial charge in [0.25, 0.3) is 0 Å². The van der Waals surface area contributed by atoms with Gasteiger partial charge in [0.1, 0.15) is 0 Å². The van der Waals surface area contributed by atoms with Crippen LogP contribution < -0.4 is 10.2 Å². The van der Waals surface area contributed by atoms with Crippen molar-refractivity contribution >= 4 is 11.8 Å². The molecular formula is C25H48N2. The van der Waals surface area contributed by atoms with E-state index < -0.39 is 0 Å². The molecule has 2 heteroatoms. The van der Waals surface area contributed by atoms with E-state index in [0.717, 1.165) is 26.2 Å². The number of nitrogens with one attached hydrogen (secondary N) is 1. The smallest absolute Gasteiger partial charge is 0.0367 e. The number of hydrogen-bond donors (Lipinski definition) is 1. The molecule has 0 saturated carbocycles. The molecule has 2 nitrogen and oxygen atoms in total. The van der Waals surface area contributed by atoms with E-state index in [-0.39, 0.29) is 0 Å². The lowest BCUT2D eigenvalue weighted by Crippen LogP contribution is -2.43. The molecule has 1 fully saturated rings. The summed E-state index contributed by atoms with van der Waals surface area (Å²) in [6.07, 6.45) is 7.70. The third kappa shape index (κ3) is 22.2. The van der Waals surface area contributed by atoms with Gasteiger partial charge in [-0.2, -0.15) is 0 Å². The summed E-state index contributed by atoms with van der Waals surface area (Å²) in [5.41, 5.74) is 2.61. The number of anilines is 1. The summed E-state index contributed by atoms with van der Waals surface area (Å²) in [4.78, 5) is 2.43. The maximum atomic E-state index is 3.36. The third-order valence-electron chi connectivity index (χ3n) is 2.73. The van der Waals surface area contributed by atoms with Crippen LogP contribution >= 0.6 is 0 Å². The first-order chi connectivity index (χ1) is 13.2. The summed E-state index contributed by atoms with van der Waals surface area (Å²) < 4.78 is 0. The van der Waals surface area contributed by atoms with Gasteiger partial charge in [0.05, 0.1) is 0 Å². The zero-order chi connectivity index (χ0) is 21.9. The van der Waals surface area contributed by atoms with E-state index in [9.17, 15) is 0 Å². The number of hydrogen-bond acceptors (Lipinski definition) is 2. The summed E-state index contributed by atoms with van der Waals surface area (Å²) >= 11 is 0. The maximum Gasteiger partial charge on any atom is 0.0367 e. The molecule has 27 heavy (non-hydrogen) atoms. The van der Waals surface area contributed by atoms with Crippen LogP contribution in [0.1, 0.15) is 67.9 Å². The Balaban J connectivity index is -0.000000186. The van der Waals surface area contributed by atoms with Crippen LogP contribution in [0.25, 0.3) is 6.08 Å². The van der Waals surface area contributed by atoms with Crippen molar-refractivity contribution in [1.29, 1.82) is 0 Å². The number of rotatable bonds is 2. The minimum absolute atomic E-state index is 1.09. The van der Waals surface area contributed by atoms with E-state index >= 15 is 0 Å². The molecule has 0 aromatic heterocycles. The molecule has 0 unspecified atom stereocenters. The first kappa shape index (κ1) is 32.8. The molecule has 1 aliphatic heterocycles. The van der Waals surface area contributed by atoms with Crippen LogP contribution in [0.4, 0.5) is 5.69 Å². The number of allylic oxidation sites excluding steroid dienone is 3. The Hall–Kier alpha value is -1.80. The number of nitrogens with zero attached hydrogens (tertiary/aromatic N) is 1. The van der Waals surface area contributed by atoms with E-state index in [1.165, 1.54) is 11.3 Å². The fourth-order valence-electron chi connectivity index (χ4n) is 1.91. The Labute approximate surface area is 172 Å². The molecule has 0 amide bonds. The molecule has 1 heterocycles. The van der Waals surface area contributed by atoms with Crippen molar-refractivity contribution in [1.82, 2.24) is 5.32 Å². The van der Waals surface area contributed by atoms with Crippen molar-refractivity contribution in [2.75, 3.05) is 31.1 Å². The first-order valence-electron chi connectivity index (χ1n) is 10.6. The maximum absolute atomic E-state index is 3.36. The predicted octanol–water partition coefficient (Wildman–Crippen LogP) is 7.59. The fourth-order valence-corrected chi connectivity index (χ4v) is 1.91. The lowest BCUT2D eigenvalue weighted by Gasteiger charge is -2.29. The highest BCUT2D eigenvalue weighted by Crippen LogP contribution is 2.16. The minimum atomic E-state index is 1.09. The van der Waals surface area contributed by atoms with Gasteiger partial charge in [-0.1, -0.05) is 78.0 Å². The van der Waals surface area contributed by atoms with Gasteiger partial charge in [-0.25, -0.2) is 0 Å². The molecule has 0 atom stereocenters. The highest BCUT2D eigenvalue weighted by atomic mass is 15.2. The van der Waals surface area contributed by atoms with Crippen LogP contribution in [0.3, 0.4) is 0 Å². The molecule has 158 valence electrons. The predicted molar refractivity (Wildman–Crippen MR) is 132 cm³/mol. The fraction of sp³-hybridized carbons (Fsp3) is 0.520. The van der Waals surface area contributed by atoms with Gasteiger partial charge in [-0.05, 0) is 38.5 Å². The Morgan fingerprint density at radius 3 is 1.48 bits per heavy atom. The molecule has 1 aromatic carbocycles. The zero-order valence-electron chi connectivity index (χ0n) is 19.8. The lowest BCUT2D eigenvalue weighted by molar-refractivity contribution is 0.589. The van der Waals surface area contributed by atoms with E-state index in [1.807, 2.05) is 62.3 Å².